The highest BCUT2D eigenvalue weighted by Crippen LogP contribution is 2.39. The van der Waals surface area contributed by atoms with E-state index < -0.39 is 5.60 Å². The number of fused-ring (bicyclic) bond motifs is 2. The number of nitrogens with zero attached hydrogens (tertiary/aromatic N) is 2. The smallest absolute Gasteiger partial charge is 0.170 e. The number of likely N-dealkylation sites (tertiary alicyclic amines) is 2. The molecular formula is C42H46F2N2O5. The molecule has 0 bridgehead atoms. The van der Waals surface area contributed by atoms with Crippen LogP contribution in [-0.4, -0.2) is 74.5 Å². The lowest BCUT2D eigenvalue weighted by molar-refractivity contribution is -0.0773. The lowest BCUT2D eigenvalue weighted by Crippen LogP contribution is -2.53. The van der Waals surface area contributed by atoms with Gasteiger partial charge in [0.2, 0.25) is 0 Å². The van der Waals surface area contributed by atoms with Crippen molar-refractivity contribution < 1.29 is 32.5 Å². The van der Waals surface area contributed by atoms with E-state index in [1.165, 1.54) is 41.0 Å². The third-order valence-electron chi connectivity index (χ3n) is 10.8. The van der Waals surface area contributed by atoms with E-state index in [0.717, 1.165) is 75.5 Å². The molecule has 0 N–H and O–H groups in total. The molecule has 4 aromatic rings. The van der Waals surface area contributed by atoms with Gasteiger partial charge in [0.15, 0.2) is 5.60 Å². The fourth-order valence-corrected chi connectivity index (χ4v) is 8.17. The van der Waals surface area contributed by atoms with E-state index >= 15 is 0 Å². The number of benzene rings is 4. The van der Waals surface area contributed by atoms with Gasteiger partial charge >= 0.3 is 0 Å². The number of ether oxygens (including phenoxy) is 5. The molecule has 0 saturated carbocycles. The molecule has 0 aromatic heterocycles. The van der Waals surface area contributed by atoms with Crippen molar-refractivity contribution in [3.05, 3.63) is 125 Å². The largest absolute Gasteiger partial charge is 0.490 e. The minimum Gasteiger partial charge on any atom is -0.490 e. The Bertz CT molecular complexity index is 1760. The summed E-state index contributed by atoms with van der Waals surface area (Å²) in [5, 5.41) is 0. The summed E-state index contributed by atoms with van der Waals surface area (Å²) < 4.78 is 58.5. The van der Waals surface area contributed by atoms with E-state index in [2.05, 4.69) is 52.3 Å². The Morgan fingerprint density at radius 3 is 1.90 bits per heavy atom. The first-order valence-corrected chi connectivity index (χ1v) is 18.3. The Balaban J connectivity index is 0.925. The molecule has 4 heterocycles. The van der Waals surface area contributed by atoms with Crippen LogP contribution in [0.4, 0.5) is 8.78 Å². The van der Waals surface area contributed by atoms with E-state index in [9.17, 15) is 8.78 Å². The second-order valence-electron chi connectivity index (χ2n) is 14.4. The lowest BCUT2D eigenvalue weighted by atomic mass is 9.86. The fraction of sp³-hybridized carbons (Fsp3) is 0.429. The number of rotatable bonds is 10. The Morgan fingerprint density at radius 2 is 1.24 bits per heavy atom. The quantitative estimate of drug-likeness (QED) is 0.171. The summed E-state index contributed by atoms with van der Waals surface area (Å²) in [5.41, 5.74) is 4.18. The van der Waals surface area contributed by atoms with Gasteiger partial charge in [-0.25, -0.2) is 8.78 Å². The molecule has 4 aliphatic rings. The standard InChI is InChI=1S/C42H46F2N2O5/c43-33-5-9-35(10-6-33)49-37-15-19-45(20-16-37)24-32-27-47-26-31-23-39(13-14-40(31)32)51-42(29-48-25-30-3-1-2-4-41(30)42)28-46-21-17-38(18-22-46)50-36-11-7-34(44)8-12-36/h1-14,23,32,37-38H,15-22,24-29H2. The summed E-state index contributed by atoms with van der Waals surface area (Å²) >= 11 is 0. The second-order valence-corrected chi connectivity index (χ2v) is 14.4. The summed E-state index contributed by atoms with van der Waals surface area (Å²) in [6.07, 6.45) is 3.88. The molecule has 8 rings (SSSR count). The van der Waals surface area contributed by atoms with E-state index in [4.69, 9.17) is 23.7 Å². The average molecular weight is 697 g/mol. The molecule has 0 aliphatic carbocycles. The van der Waals surface area contributed by atoms with Gasteiger partial charge in [-0.3, -0.25) is 4.90 Å². The monoisotopic (exact) mass is 696 g/mol. The van der Waals surface area contributed by atoms with Crippen LogP contribution in [0.2, 0.25) is 0 Å². The number of piperidine rings is 2. The third kappa shape index (κ3) is 8.07. The SMILES string of the molecule is Fc1ccc(OC2CCN(CC3COCc4cc(OC5(CN6CCC(Oc7ccc(F)cc7)CC6)COCc6ccccc65)ccc43)CC2)cc1. The van der Waals surface area contributed by atoms with Crippen LogP contribution in [0.15, 0.2) is 91.0 Å². The van der Waals surface area contributed by atoms with Crippen LogP contribution in [0.5, 0.6) is 17.2 Å². The number of halogens is 2. The van der Waals surface area contributed by atoms with Crippen molar-refractivity contribution in [1.29, 1.82) is 0 Å². The molecule has 0 radical (unpaired) electrons. The van der Waals surface area contributed by atoms with Crippen molar-refractivity contribution in [3.63, 3.8) is 0 Å². The molecule has 7 nitrogen and oxygen atoms in total. The molecule has 9 heteroatoms. The van der Waals surface area contributed by atoms with Gasteiger partial charge in [-0.2, -0.15) is 0 Å². The van der Waals surface area contributed by atoms with Crippen molar-refractivity contribution in [2.75, 3.05) is 52.5 Å². The van der Waals surface area contributed by atoms with Crippen molar-refractivity contribution in [2.24, 2.45) is 0 Å². The van der Waals surface area contributed by atoms with E-state index in [0.29, 0.717) is 38.7 Å². The maximum absolute atomic E-state index is 13.4. The summed E-state index contributed by atoms with van der Waals surface area (Å²) in [6.45, 7) is 7.59. The van der Waals surface area contributed by atoms with Gasteiger partial charge in [-0.15, -0.1) is 0 Å². The molecule has 0 amide bonds. The zero-order valence-electron chi connectivity index (χ0n) is 29.0. The first kappa shape index (κ1) is 34.1. The predicted octanol–water partition coefficient (Wildman–Crippen LogP) is 7.47. The van der Waals surface area contributed by atoms with Gasteiger partial charge in [0.05, 0.1) is 26.4 Å². The zero-order valence-corrected chi connectivity index (χ0v) is 29.0. The lowest BCUT2D eigenvalue weighted by Gasteiger charge is -2.44. The van der Waals surface area contributed by atoms with Crippen LogP contribution in [0.3, 0.4) is 0 Å². The van der Waals surface area contributed by atoms with Gasteiger partial charge in [0, 0.05) is 50.7 Å². The van der Waals surface area contributed by atoms with Crippen LogP contribution >= 0.6 is 0 Å². The maximum Gasteiger partial charge on any atom is 0.170 e. The van der Waals surface area contributed by atoms with E-state index in [1.807, 2.05) is 0 Å². The predicted molar refractivity (Wildman–Crippen MR) is 190 cm³/mol. The summed E-state index contributed by atoms with van der Waals surface area (Å²) in [5.74, 6) is 2.04. The highest BCUT2D eigenvalue weighted by molar-refractivity contribution is 5.41. The van der Waals surface area contributed by atoms with Gasteiger partial charge in [-0.05, 0) is 103 Å². The summed E-state index contributed by atoms with van der Waals surface area (Å²) in [4.78, 5) is 4.97. The average Bonchev–Trinajstić information content (AvgIpc) is 3.15. The van der Waals surface area contributed by atoms with Crippen molar-refractivity contribution in [1.82, 2.24) is 9.80 Å². The minimum absolute atomic E-state index is 0.0909. The highest BCUT2D eigenvalue weighted by Gasteiger charge is 2.42. The summed E-state index contributed by atoms with van der Waals surface area (Å²) in [7, 11) is 0. The molecule has 2 fully saturated rings. The van der Waals surface area contributed by atoms with Gasteiger partial charge in [0.25, 0.3) is 0 Å². The maximum atomic E-state index is 13.4. The molecule has 2 unspecified atom stereocenters. The van der Waals surface area contributed by atoms with Gasteiger partial charge in [0.1, 0.15) is 41.1 Å². The molecule has 268 valence electrons. The molecule has 2 atom stereocenters. The highest BCUT2D eigenvalue weighted by atomic mass is 19.1. The minimum atomic E-state index is -0.664. The van der Waals surface area contributed by atoms with Crippen LogP contribution < -0.4 is 14.2 Å². The van der Waals surface area contributed by atoms with Crippen molar-refractivity contribution in [2.45, 2.75) is 62.6 Å². The molecule has 0 spiro atoms. The first-order chi connectivity index (χ1) is 25.0. The Labute approximate surface area is 299 Å². The topological polar surface area (TPSA) is 52.6 Å². The number of hydrogen-bond acceptors (Lipinski definition) is 7. The summed E-state index contributed by atoms with van der Waals surface area (Å²) in [6, 6.07) is 27.6. The van der Waals surface area contributed by atoms with E-state index in [-0.39, 0.29) is 29.8 Å². The van der Waals surface area contributed by atoms with Crippen molar-refractivity contribution >= 4 is 0 Å². The van der Waals surface area contributed by atoms with Crippen LogP contribution in [0, 0.1) is 11.6 Å². The van der Waals surface area contributed by atoms with Crippen LogP contribution in [0.1, 0.15) is 53.9 Å². The number of hydrogen-bond donors (Lipinski definition) is 0. The Kier molecular flexibility index (Phi) is 10.2. The van der Waals surface area contributed by atoms with Crippen LogP contribution in [-0.2, 0) is 28.3 Å². The normalized spacial score (nSPS) is 23.3. The molecule has 51 heavy (non-hydrogen) atoms. The van der Waals surface area contributed by atoms with Gasteiger partial charge in [-0.1, -0.05) is 30.3 Å². The van der Waals surface area contributed by atoms with Gasteiger partial charge < -0.3 is 28.6 Å². The Morgan fingerprint density at radius 1 is 0.647 bits per heavy atom. The molecular weight excluding hydrogens is 650 g/mol. The molecule has 2 saturated heterocycles. The van der Waals surface area contributed by atoms with E-state index in [1.54, 1.807) is 24.3 Å². The second kappa shape index (κ2) is 15.3. The van der Waals surface area contributed by atoms with Crippen molar-refractivity contribution in [3.8, 4) is 17.2 Å². The Hall–Kier alpha value is -4.02. The first-order valence-electron chi connectivity index (χ1n) is 18.3. The molecule has 4 aromatic carbocycles. The third-order valence-corrected chi connectivity index (χ3v) is 10.8. The van der Waals surface area contributed by atoms with Crippen LogP contribution in [0.25, 0.3) is 0 Å². The zero-order chi connectivity index (χ0) is 34.6. The fourth-order valence-electron chi connectivity index (χ4n) is 8.17. The molecule has 4 aliphatic heterocycles.